The zero-order valence-electron chi connectivity index (χ0n) is 9.14. The molecule has 0 aliphatic carbocycles. The number of nitrogens with two attached hydrogens (primary N) is 1. The molecule has 1 atom stereocenters. The summed E-state index contributed by atoms with van der Waals surface area (Å²) in [6.07, 6.45) is 0.0560. The van der Waals surface area contributed by atoms with Crippen LogP contribution in [-0.4, -0.2) is 12.0 Å². The summed E-state index contributed by atoms with van der Waals surface area (Å²) in [6.45, 7) is 0. The minimum absolute atomic E-state index is 0.287. The Kier molecular flexibility index (Phi) is 2.23. The van der Waals surface area contributed by atoms with Crippen LogP contribution in [0.2, 0.25) is 0 Å². The number of hydrazine groups is 1. The molecule has 0 radical (unpaired) electrons. The SMILES string of the molecule is NNC(=O)[C@H]1Cc2c(ccc3ccccc23)O1. The average Bonchev–Trinajstić information content (AvgIpc) is 2.82. The van der Waals surface area contributed by atoms with Crippen LogP contribution >= 0.6 is 0 Å². The van der Waals surface area contributed by atoms with Crippen molar-refractivity contribution in [2.24, 2.45) is 5.84 Å². The van der Waals surface area contributed by atoms with Crippen LogP contribution in [0.1, 0.15) is 5.56 Å². The molecule has 17 heavy (non-hydrogen) atoms. The molecule has 4 heteroatoms. The largest absolute Gasteiger partial charge is 0.480 e. The number of rotatable bonds is 1. The molecule has 1 heterocycles. The minimum atomic E-state index is -0.513. The summed E-state index contributed by atoms with van der Waals surface area (Å²) >= 11 is 0. The van der Waals surface area contributed by atoms with Gasteiger partial charge in [-0.2, -0.15) is 0 Å². The number of amides is 1. The average molecular weight is 228 g/mol. The van der Waals surface area contributed by atoms with Gasteiger partial charge in [0.25, 0.3) is 5.91 Å². The lowest BCUT2D eigenvalue weighted by Gasteiger charge is -2.07. The molecule has 0 bridgehead atoms. The second-order valence-corrected chi connectivity index (χ2v) is 4.08. The van der Waals surface area contributed by atoms with Gasteiger partial charge in [-0.15, -0.1) is 0 Å². The summed E-state index contributed by atoms with van der Waals surface area (Å²) in [4.78, 5) is 11.5. The molecule has 0 aromatic heterocycles. The monoisotopic (exact) mass is 228 g/mol. The van der Waals surface area contributed by atoms with Crippen LogP contribution in [0.4, 0.5) is 0 Å². The van der Waals surface area contributed by atoms with Crippen molar-refractivity contribution >= 4 is 16.7 Å². The van der Waals surface area contributed by atoms with E-state index in [1.54, 1.807) is 0 Å². The predicted octanol–water partition coefficient (Wildman–Crippen LogP) is 1.13. The minimum Gasteiger partial charge on any atom is -0.480 e. The summed E-state index contributed by atoms with van der Waals surface area (Å²) < 4.78 is 5.58. The second kappa shape index (κ2) is 3.75. The highest BCUT2D eigenvalue weighted by Crippen LogP contribution is 2.34. The summed E-state index contributed by atoms with van der Waals surface area (Å²) in [5.74, 6) is 5.61. The van der Waals surface area contributed by atoms with Gasteiger partial charge in [-0.3, -0.25) is 10.2 Å². The standard InChI is InChI=1S/C13H12N2O2/c14-15-13(16)12-7-10-9-4-2-1-3-8(9)5-6-11(10)17-12/h1-6,12H,7,14H2,(H,15,16)/t12-/m1/s1. The molecule has 1 amide bonds. The first-order valence-corrected chi connectivity index (χ1v) is 5.47. The van der Waals surface area contributed by atoms with Crippen LogP contribution in [0.15, 0.2) is 36.4 Å². The fraction of sp³-hybridized carbons (Fsp3) is 0.154. The zero-order valence-corrected chi connectivity index (χ0v) is 9.14. The second-order valence-electron chi connectivity index (χ2n) is 4.08. The zero-order chi connectivity index (χ0) is 11.8. The van der Waals surface area contributed by atoms with Crippen LogP contribution in [0.3, 0.4) is 0 Å². The first kappa shape index (κ1) is 10.1. The van der Waals surface area contributed by atoms with Gasteiger partial charge >= 0.3 is 0 Å². The van der Waals surface area contributed by atoms with Gasteiger partial charge < -0.3 is 4.74 Å². The first-order valence-electron chi connectivity index (χ1n) is 5.47. The van der Waals surface area contributed by atoms with Crippen molar-refractivity contribution in [3.63, 3.8) is 0 Å². The summed E-state index contributed by atoms with van der Waals surface area (Å²) in [5.41, 5.74) is 3.21. The topological polar surface area (TPSA) is 64.3 Å². The molecule has 0 spiro atoms. The van der Waals surface area contributed by atoms with Crippen molar-refractivity contribution in [3.8, 4) is 5.75 Å². The number of benzene rings is 2. The number of ether oxygens (including phenoxy) is 1. The lowest BCUT2D eigenvalue weighted by atomic mass is 10.0. The van der Waals surface area contributed by atoms with E-state index in [-0.39, 0.29) is 5.91 Å². The van der Waals surface area contributed by atoms with Crippen LogP contribution < -0.4 is 16.0 Å². The van der Waals surface area contributed by atoms with Crippen LogP contribution in [0.5, 0.6) is 5.75 Å². The highest BCUT2D eigenvalue weighted by atomic mass is 16.5. The Hall–Kier alpha value is -2.07. The van der Waals surface area contributed by atoms with Crippen molar-refractivity contribution in [2.75, 3.05) is 0 Å². The van der Waals surface area contributed by atoms with Crippen molar-refractivity contribution in [1.29, 1.82) is 0 Å². The van der Waals surface area contributed by atoms with E-state index in [0.29, 0.717) is 6.42 Å². The van der Waals surface area contributed by atoms with Crippen molar-refractivity contribution in [3.05, 3.63) is 42.0 Å². The van der Waals surface area contributed by atoms with E-state index in [0.717, 1.165) is 22.1 Å². The van der Waals surface area contributed by atoms with Gasteiger partial charge in [0.1, 0.15) is 5.75 Å². The quantitative estimate of drug-likeness (QED) is 0.437. The lowest BCUT2D eigenvalue weighted by molar-refractivity contribution is -0.127. The molecule has 2 aromatic carbocycles. The Morgan fingerprint density at radius 1 is 1.29 bits per heavy atom. The number of nitrogens with one attached hydrogen (secondary N) is 1. The molecule has 2 aromatic rings. The predicted molar refractivity (Wildman–Crippen MR) is 64.4 cm³/mol. The third kappa shape index (κ3) is 1.54. The van der Waals surface area contributed by atoms with Crippen molar-refractivity contribution < 1.29 is 9.53 Å². The number of carbonyl (C=O) groups is 1. The Balaban J connectivity index is 2.08. The van der Waals surface area contributed by atoms with E-state index in [1.165, 1.54) is 0 Å². The number of hydrogen-bond donors (Lipinski definition) is 2. The molecule has 3 rings (SSSR count). The van der Waals surface area contributed by atoms with E-state index < -0.39 is 6.10 Å². The fourth-order valence-corrected chi connectivity index (χ4v) is 2.26. The molecule has 0 saturated heterocycles. The lowest BCUT2D eigenvalue weighted by Crippen LogP contribution is -2.41. The Morgan fingerprint density at radius 2 is 2.12 bits per heavy atom. The van der Waals surface area contributed by atoms with Crippen LogP contribution in [0, 0.1) is 0 Å². The normalized spacial score (nSPS) is 17.6. The van der Waals surface area contributed by atoms with Gasteiger partial charge in [-0.1, -0.05) is 30.3 Å². The molecule has 3 N–H and O–H groups in total. The highest BCUT2D eigenvalue weighted by molar-refractivity contribution is 5.90. The fourth-order valence-electron chi connectivity index (χ4n) is 2.26. The van der Waals surface area contributed by atoms with Gasteiger partial charge in [0.2, 0.25) is 0 Å². The number of hydrogen-bond acceptors (Lipinski definition) is 3. The molecule has 4 nitrogen and oxygen atoms in total. The van der Waals surface area contributed by atoms with E-state index in [2.05, 4.69) is 5.43 Å². The Labute approximate surface area is 98.3 Å². The maximum atomic E-state index is 11.5. The number of fused-ring (bicyclic) bond motifs is 3. The smallest absolute Gasteiger partial charge is 0.275 e. The summed E-state index contributed by atoms with van der Waals surface area (Å²) in [7, 11) is 0. The molecule has 1 aliphatic rings. The third-order valence-electron chi connectivity index (χ3n) is 3.09. The van der Waals surface area contributed by atoms with E-state index in [4.69, 9.17) is 10.6 Å². The summed E-state index contributed by atoms with van der Waals surface area (Å²) in [5, 5.41) is 2.29. The van der Waals surface area contributed by atoms with Gasteiger partial charge in [0.05, 0.1) is 0 Å². The van der Waals surface area contributed by atoms with Gasteiger partial charge in [0.15, 0.2) is 6.10 Å². The maximum absolute atomic E-state index is 11.5. The molecule has 1 aliphatic heterocycles. The van der Waals surface area contributed by atoms with E-state index >= 15 is 0 Å². The van der Waals surface area contributed by atoms with E-state index in [1.807, 2.05) is 36.4 Å². The Bertz CT molecular complexity index is 595. The molecular formula is C13H12N2O2. The van der Waals surface area contributed by atoms with Crippen LogP contribution in [-0.2, 0) is 11.2 Å². The molecule has 86 valence electrons. The molecule has 0 fully saturated rings. The molecule has 0 unspecified atom stereocenters. The third-order valence-corrected chi connectivity index (χ3v) is 3.09. The van der Waals surface area contributed by atoms with Gasteiger partial charge in [-0.05, 0) is 16.8 Å². The maximum Gasteiger partial charge on any atom is 0.275 e. The van der Waals surface area contributed by atoms with Crippen molar-refractivity contribution in [2.45, 2.75) is 12.5 Å². The van der Waals surface area contributed by atoms with Gasteiger partial charge in [-0.25, -0.2) is 5.84 Å². The Morgan fingerprint density at radius 3 is 2.94 bits per heavy atom. The summed E-state index contributed by atoms with van der Waals surface area (Å²) in [6, 6.07) is 12.0. The molecule has 0 saturated carbocycles. The highest BCUT2D eigenvalue weighted by Gasteiger charge is 2.29. The molecular weight excluding hydrogens is 216 g/mol. The van der Waals surface area contributed by atoms with Crippen LogP contribution in [0.25, 0.3) is 10.8 Å². The number of carbonyl (C=O) groups excluding carboxylic acids is 1. The first-order chi connectivity index (χ1) is 8.29. The van der Waals surface area contributed by atoms with Gasteiger partial charge in [0, 0.05) is 12.0 Å². The van der Waals surface area contributed by atoms with Crippen molar-refractivity contribution in [1.82, 2.24) is 5.43 Å². The van der Waals surface area contributed by atoms with E-state index in [9.17, 15) is 4.79 Å².